The fourth-order valence-corrected chi connectivity index (χ4v) is 4.37. The lowest BCUT2D eigenvalue weighted by atomic mass is 9.95. The number of aromatic nitrogens is 2. The second kappa shape index (κ2) is 9.75. The Balaban J connectivity index is 1.41. The Bertz CT molecular complexity index is 1310. The lowest BCUT2D eigenvalue weighted by Crippen LogP contribution is -2.13. The number of fused-ring (bicyclic) bond motifs is 1. The van der Waals surface area contributed by atoms with Crippen LogP contribution in [0.15, 0.2) is 79.0 Å². The maximum Gasteiger partial charge on any atom is 0.225 e. The Morgan fingerprint density at radius 2 is 1.74 bits per heavy atom. The molecule has 0 aliphatic heterocycles. The Morgan fingerprint density at radius 1 is 0.971 bits per heavy atom. The van der Waals surface area contributed by atoms with Gasteiger partial charge in [-0.3, -0.25) is 9.59 Å². The minimum absolute atomic E-state index is 0.0860. The maximum absolute atomic E-state index is 12.8. The number of anilines is 3. The third-order valence-electron chi connectivity index (χ3n) is 6.03. The fraction of sp³-hybridized carbons (Fsp3) is 0.179. The van der Waals surface area contributed by atoms with E-state index in [1.165, 1.54) is 0 Å². The summed E-state index contributed by atoms with van der Waals surface area (Å²) in [6.45, 7) is 0. The highest BCUT2D eigenvalue weighted by Crippen LogP contribution is 2.39. The number of carbonyl (C=O) groups is 2. The van der Waals surface area contributed by atoms with Crippen LogP contribution in [0.25, 0.3) is 11.3 Å². The van der Waals surface area contributed by atoms with Crippen LogP contribution in [0.4, 0.5) is 17.2 Å². The molecule has 1 amide bonds. The Hall–Kier alpha value is -4.19. The summed E-state index contributed by atoms with van der Waals surface area (Å²) in [5, 5.41) is 6.36. The van der Waals surface area contributed by atoms with Crippen LogP contribution in [0.3, 0.4) is 0 Å². The van der Waals surface area contributed by atoms with E-state index in [0.717, 1.165) is 52.3 Å². The van der Waals surface area contributed by atoms with E-state index in [2.05, 4.69) is 20.6 Å². The molecule has 0 spiro atoms. The maximum atomic E-state index is 12.8. The Labute approximate surface area is 198 Å². The van der Waals surface area contributed by atoms with Crippen LogP contribution in [0.2, 0.25) is 0 Å². The van der Waals surface area contributed by atoms with Gasteiger partial charge in [0.1, 0.15) is 5.82 Å². The van der Waals surface area contributed by atoms with Crippen LogP contribution < -0.4 is 10.6 Å². The first-order valence-electron chi connectivity index (χ1n) is 11.6. The molecule has 0 atom stereocenters. The molecule has 0 unspecified atom stereocenters. The number of aromatic amines is 1. The molecule has 0 bridgehead atoms. The van der Waals surface area contributed by atoms with Crippen molar-refractivity contribution in [2.24, 2.45) is 0 Å². The number of pyridine rings is 1. The summed E-state index contributed by atoms with van der Waals surface area (Å²) in [6.07, 6.45) is 4.95. The number of nitrogens with one attached hydrogen (secondary N) is 3. The zero-order valence-corrected chi connectivity index (χ0v) is 18.8. The van der Waals surface area contributed by atoms with Gasteiger partial charge in [-0.1, -0.05) is 48.5 Å². The lowest BCUT2D eigenvalue weighted by molar-refractivity contribution is -0.116. The highest BCUT2D eigenvalue weighted by molar-refractivity contribution is 6.07. The van der Waals surface area contributed by atoms with Crippen molar-refractivity contribution < 1.29 is 9.59 Å². The molecule has 0 fully saturated rings. The van der Waals surface area contributed by atoms with Crippen molar-refractivity contribution in [2.75, 3.05) is 10.6 Å². The summed E-state index contributed by atoms with van der Waals surface area (Å²) in [4.78, 5) is 33.2. The molecule has 0 saturated heterocycles. The third-order valence-corrected chi connectivity index (χ3v) is 6.03. The molecule has 3 N–H and O–H groups in total. The molecule has 1 aliphatic rings. The van der Waals surface area contributed by atoms with Crippen molar-refractivity contribution in [2.45, 2.75) is 32.1 Å². The van der Waals surface area contributed by atoms with Crippen LogP contribution in [-0.2, 0) is 17.6 Å². The second-order valence-corrected chi connectivity index (χ2v) is 8.46. The number of H-pyrrole nitrogens is 1. The topological polar surface area (TPSA) is 86.9 Å². The van der Waals surface area contributed by atoms with Gasteiger partial charge in [-0.15, -0.1) is 0 Å². The normalized spacial score (nSPS) is 12.8. The van der Waals surface area contributed by atoms with E-state index < -0.39 is 0 Å². The Kier molecular flexibility index (Phi) is 6.21. The van der Waals surface area contributed by atoms with E-state index in [-0.39, 0.29) is 11.7 Å². The van der Waals surface area contributed by atoms with E-state index in [4.69, 9.17) is 0 Å². The summed E-state index contributed by atoms with van der Waals surface area (Å²) < 4.78 is 0. The van der Waals surface area contributed by atoms with Crippen molar-refractivity contribution in [3.63, 3.8) is 0 Å². The summed E-state index contributed by atoms with van der Waals surface area (Å²) in [5.41, 5.74) is 6.18. The first kappa shape index (κ1) is 21.6. The van der Waals surface area contributed by atoms with Gasteiger partial charge in [-0.2, -0.15) is 0 Å². The molecule has 2 heterocycles. The van der Waals surface area contributed by atoms with Crippen LogP contribution in [0, 0.1) is 0 Å². The van der Waals surface area contributed by atoms with Crippen molar-refractivity contribution >= 4 is 28.9 Å². The summed E-state index contributed by atoms with van der Waals surface area (Å²) in [7, 11) is 0. The predicted octanol–water partition coefficient (Wildman–Crippen LogP) is 5.91. The van der Waals surface area contributed by atoms with Gasteiger partial charge >= 0.3 is 0 Å². The molecule has 2 aromatic heterocycles. The van der Waals surface area contributed by atoms with E-state index >= 15 is 0 Å². The van der Waals surface area contributed by atoms with Crippen LogP contribution in [-0.4, -0.2) is 21.7 Å². The number of amides is 1. The monoisotopic (exact) mass is 450 g/mol. The number of para-hydroxylation sites is 1. The van der Waals surface area contributed by atoms with Crippen molar-refractivity contribution in [1.82, 2.24) is 9.97 Å². The molecule has 4 aromatic rings. The average molecular weight is 451 g/mol. The molecular formula is C28H26N4O2. The molecule has 1 aliphatic carbocycles. The third kappa shape index (κ3) is 4.76. The molecule has 2 aromatic carbocycles. The summed E-state index contributed by atoms with van der Waals surface area (Å²) in [6, 6.07) is 23.5. The number of rotatable bonds is 7. The standard InChI is InChI=1S/C28H26N4O2/c33-23-13-7-12-22-26(23)28(30-21-10-5-2-6-11-21)27(31-22)20-16-17-29-24(18-20)32-25(34)15-14-19-8-3-1-4-9-19/h1-6,8-11,16-18,30-31H,7,12-15H2,(H,29,32,34). The molecule has 0 radical (unpaired) electrons. The largest absolute Gasteiger partial charge is 0.356 e. The lowest BCUT2D eigenvalue weighted by Gasteiger charge is -2.14. The van der Waals surface area contributed by atoms with Gasteiger partial charge in [-0.25, -0.2) is 4.98 Å². The number of hydrogen-bond acceptors (Lipinski definition) is 4. The number of hydrogen-bond donors (Lipinski definition) is 3. The zero-order chi connectivity index (χ0) is 23.3. The summed E-state index contributed by atoms with van der Waals surface area (Å²) in [5.74, 6) is 0.544. The summed E-state index contributed by atoms with van der Waals surface area (Å²) >= 11 is 0. The van der Waals surface area contributed by atoms with Gasteiger partial charge in [0, 0.05) is 36.0 Å². The molecule has 6 nitrogen and oxygen atoms in total. The first-order chi connectivity index (χ1) is 16.7. The van der Waals surface area contributed by atoms with Crippen LogP contribution >= 0.6 is 0 Å². The quantitative estimate of drug-likeness (QED) is 0.327. The van der Waals surface area contributed by atoms with E-state index in [9.17, 15) is 9.59 Å². The molecular weight excluding hydrogens is 424 g/mol. The number of Topliss-reactive ketones (excluding diaryl/α,β-unsaturated/α-hetero) is 1. The number of benzene rings is 2. The van der Waals surface area contributed by atoms with Crippen LogP contribution in [0.1, 0.15) is 40.9 Å². The second-order valence-electron chi connectivity index (χ2n) is 8.46. The number of carbonyl (C=O) groups excluding carboxylic acids is 2. The number of ketones is 1. The van der Waals surface area contributed by atoms with Gasteiger partial charge in [0.25, 0.3) is 0 Å². The smallest absolute Gasteiger partial charge is 0.225 e. The van der Waals surface area contributed by atoms with E-state index in [1.54, 1.807) is 6.20 Å². The minimum Gasteiger partial charge on any atom is -0.356 e. The molecule has 0 saturated carbocycles. The molecule has 170 valence electrons. The van der Waals surface area contributed by atoms with Crippen molar-refractivity contribution in [3.8, 4) is 11.3 Å². The highest BCUT2D eigenvalue weighted by Gasteiger charge is 2.27. The fourth-order valence-electron chi connectivity index (χ4n) is 4.37. The van der Waals surface area contributed by atoms with Gasteiger partial charge in [0.2, 0.25) is 5.91 Å². The minimum atomic E-state index is -0.0860. The molecule has 5 rings (SSSR count). The van der Waals surface area contributed by atoms with Gasteiger partial charge in [0.15, 0.2) is 5.78 Å². The highest BCUT2D eigenvalue weighted by atomic mass is 16.1. The Morgan fingerprint density at radius 3 is 2.53 bits per heavy atom. The number of nitrogens with zero attached hydrogens (tertiary/aromatic N) is 1. The molecule has 34 heavy (non-hydrogen) atoms. The van der Waals surface area contributed by atoms with E-state index in [1.807, 2.05) is 72.8 Å². The van der Waals surface area contributed by atoms with E-state index in [0.29, 0.717) is 25.1 Å². The molecule has 6 heteroatoms. The van der Waals surface area contributed by atoms with Gasteiger partial charge in [-0.05, 0) is 49.1 Å². The average Bonchev–Trinajstić information content (AvgIpc) is 3.24. The zero-order valence-electron chi connectivity index (χ0n) is 18.8. The van der Waals surface area contributed by atoms with Crippen LogP contribution in [0.5, 0.6) is 0 Å². The predicted molar refractivity (Wildman–Crippen MR) is 134 cm³/mol. The SMILES string of the molecule is O=C(CCc1ccccc1)Nc1cc(-c2[nH]c3c(c2Nc2ccccc2)C(=O)CCC3)ccn1. The van der Waals surface area contributed by atoms with Crippen molar-refractivity contribution in [3.05, 3.63) is 95.8 Å². The first-order valence-corrected chi connectivity index (χ1v) is 11.6. The van der Waals surface area contributed by atoms with Crippen molar-refractivity contribution in [1.29, 1.82) is 0 Å². The van der Waals surface area contributed by atoms with Gasteiger partial charge in [0.05, 0.1) is 16.9 Å². The number of aryl methyl sites for hydroxylation is 2. The van der Waals surface area contributed by atoms with Gasteiger partial charge < -0.3 is 15.6 Å².